The maximum atomic E-state index is 4.80. The van der Waals surface area contributed by atoms with E-state index in [4.69, 9.17) is 15.1 Å². The van der Waals surface area contributed by atoms with Gasteiger partial charge < -0.3 is 0 Å². The Balaban J connectivity index is 0.966. The van der Waals surface area contributed by atoms with Gasteiger partial charge in [0.2, 0.25) is 0 Å². The second kappa shape index (κ2) is 18.9. The van der Waals surface area contributed by atoms with Crippen molar-refractivity contribution in [1.82, 2.24) is 19.7 Å². The molecule has 3 heterocycles. The van der Waals surface area contributed by atoms with Gasteiger partial charge in [0.1, 0.15) is 0 Å². The maximum absolute atomic E-state index is 4.80. The van der Waals surface area contributed by atoms with Crippen molar-refractivity contribution < 1.29 is 0 Å². The summed E-state index contributed by atoms with van der Waals surface area (Å²) in [7, 11) is 0. The molecule has 1 fully saturated rings. The Morgan fingerprint density at radius 1 is 0.394 bits per heavy atom. The summed E-state index contributed by atoms with van der Waals surface area (Å²) in [6.45, 7) is 13.6. The van der Waals surface area contributed by atoms with Gasteiger partial charge in [0, 0.05) is 28.9 Å². The standard InChI is InChI=1S/C67H62N4/c1-66(2,3)54-35-37-68-63(42-54)48-27-23-45(24-28-48)57-16-8-11-19-60(57)51-39-52(61-20-12-9-17-58(61)46-25-29-49(30-26-46)64-43-55(36-38-69-64)67(4,5)6)41-53(40-51)62-21-13-10-18-59(62)47-31-33-56(34-32-47)71-65-22-14-7-15-50(65)44-70-71/h7-38,42-44,51-53H,39-41H2,1-6H3. The zero-order valence-corrected chi connectivity index (χ0v) is 41.8. The van der Waals surface area contributed by atoms with Crippen molar-refractivity contribution in [3.63, 3.8) is 0 Å². The first-order valence-electron chi connectivity index (χ1n) is 25.4. The molecule has 10 aromatic rings. The summed E-state index contributed by atoms with van der Waals surface area (Å²) in [5.74, 6) is 0.956. The molecule has 2 unspecified atom stereocenters. The number of nitrogens with zero attached hydrogens (tertiary/aromatic N) is 4. The molecule has 1 saturated carbocycles. The van der Waals surface area contributed by atoms with E-state index in [0.717, 1.165) is 58.4 Å². The SMILES string of the molecule is CC(C)(C)c1ccnc(-c2ccc(-c3ccccc3C3CC(c4ccccc4-c4ccc(-c5cc(C(C)(C)C)ccn5)cc4)CC(c4ccccc4-c4ccc(-n5ncc6ccccc65)cc4)C3)cc2)c1. The lowest BCUT2D eigenvalue weighted by atomic mass is 9.66. The van der Waals surface area contributed by atoms with E-state index >= 15 is 0 Å². The minimum atomic E-state index is 0.0514. The Bertz CT molecular complexity index is 3320. The minimum Gasteiger partial charge on any atom is -0.256 e. The molecule has 71 heavy (non-hydrogen) atoms. The van der Waals surface area contributed by atoms with Crippen LogP contribution in [0.4, 0.5) is 0 Å². The van der Waals surface area contributed by atoms with Crippen molar-refractivity contribution >= 4 is 10.9 Å². The summed E-state index contributed by atoms with van der Waals surface area (Å²) < 4.78 is 2.04. The van der Waals surface area contributed by atoms with Crippen molar-refractivity contribution in [2.45, 2.75) is 89.4 Å². The van der Waals surface area contributed by atoms with E-state index in [0.29, 0.717) is 17.8 Å². The van der Waals surface area contributed by atoms with Gasteiger partial charge in [-0.1, -0.05) is 193 Å². The van der Waals surface area contributed by atoms with E-state index in [9.17, 15) is 0 Å². The van der Waals surface area contributed by atoms with Gasteiger partial charge in [-0.3, -0.25) is 9.97 Å². The summed E-state index contributed by atoms with van der Waals surface area (Å²) in [4.78, 5) is 9.60. The van der Waals surface area contributed by atoms with Crippen LogP contribution in [0.25, 0.3) is 72.5 Å². The van der Waals surface area contributed by atoms with Gasteiger partial charge >= 0.3 is 0 Å². The summed E-state index contributed by atoms with van der Waals surface area (Å²) in [5, 5.41) is 5.90. The van der Waals surface area contributed by atoms with Crippen LogP contribution in [0.15, 0.2) is 213 Å². The van der Waals surface area contributed by atoms with E-state index in [2.05, 4.69) is 236 Å². The van der Waals surface area contributed by atoms with Crippen LogP contribution in [0.3, 0.4) is 0 Å². The third-order valence-corrected chi connectivity index (χ3v) is 15.0. The third-order valence-electron chi connectivity index (χ3n) is 15.0. The number of aromatic nitrogens is 4. The second-order valence-electron chi connectivity index (χ2n) is 21.7. The zero-order chi connectivity index (χ0) is 48.7. The predicted molar refractivity (Wildman–Crippen MR) is 296 cm³/mol. The molecule has 7 aromatic carbocycles. The first-order valence-corrected chi connectivity index (χ1v) is 25.4. The van der Waals surface area contributed by atoms with E-state index in [1.165, 1.54) is 61.2 Å². The number of pyridine rings is 2. The smallest absolute Gasteiger partial charge is 0.0741 e. The molecule has 0 aliphatic heterocycles. The Labute approximate surface area is 420 Å². The molecule has 0 N–H and O–H groups in total. The molecule has 11 rings (SSSR count). The van der Waals surface area contributed by atoms with Crippen molar-refractivity contribution in [1.29, 1.82) is 0 Å². The van der Waals surface area contributed by atoms with Gasteiger partial charge in [0.15, 0.2) is 0 Å². The lowest BCUT2D eigenvalue weighted by Gasteiger charge is -2.38. The highest BCUT2D eigenvalue weighted by molar-refractivity contribution is 5.81. The molecule has 0 bridgehead atoms. The number of para-hydroxylation sites is 1. The molecule has 1 aliphatic rings. The summed E-state index contributed by atoms with van der Waals surface area (Å²) in [5.41, 5.74) is 21.0. The summed E-state index contributed by atoms with van der Waals surface area (Å²) in [6, 6.07) is 71.9. The largest absolute Gasteiger partial charge is 0.256 e. The molecule has 0 amide bonds. The fourth-order valence-corrected chi connectivity index (χ4v) is 11.1. The van der Waals surface area contributed by atoms with Gasteiger partial charge in [0.05, 0.1) is 28.8 Å². The number of hydrogen-bond acceptors (Lipinski definition) is 3. The quantitative estimate of drug-likeness (QED) is 0.145. The van der Waals surface area contributed by atoms with Crippen molar-refractivity contribution in [3.05, 3.63) is 241 Å². The van der Waals surface area contributed by atoms with Crippen LogP contribution in [0.1, 0.15) is 106 Å². The van der Waals surface area contributed by atoms with Gasteiger partial charge in [-0.25, -0.2) is 4.68 Å². The lowest BCUT2D eigenvalue weighted by molar-refractivity contribution is 0.353. The maximum Gasteiger partial charge on any atom is 0.0741 e. The van der Waals surface area contributed by atoms with Crippen LogP contribution in [-0.4, -0.2) is 19.7 Å². The highest BCUT2D eigenvalue weighted by Gasteiger charge is 2.35. The van der Waals surface area contributed by atoms with Crippen LogP contribution in [0.2, 0.25) is 0 Å². The summed E-state index contributed by atoms with van der Waals surface area (Å²) >= 11 is 0. The highest BCUT2D eigenvalue weighted by atomic mass is 15.3. The van der Waals surface area contributed by atoms with Gasteiger partial charge in [-0.05, 0) is 152 Å². The average Bonchev–Trinajstić information content (AvgIpc) is 3.85. The molecule has 0 radical (unpaired) electrons. The van der Waals surface area contributed by atoms with Crippen molar-refractivity contribution in [3.8, 4) is 61.6 Å². The van der Waals surface area contributed by atoms with Gasteiger partial charge in [-0.15, -0.1) is 0 Å². The van der Waals surface area contributed by atoms with E-state index in [-0.39, 0.29) is 10.8 Å². The normalized spacial score (nSPS) is 16.3. The van der Waals surface area contributed by atoms with Gasteiger partial charge in [0.25, 0.3) is 0 Å². The number of rotatable bonds is 9. The minimum absolute atomic E-state index is 0.0514. The van der Waals surface area contributed by atoms with Crippen LogP contribution < -0.4 is 0 Å². The Morgan fingerprint density at radius 3 is 1.18 bits per heavy atom. The third kappa shape index (κ3) is 9.40. The first-order chi connectivity index (χ1) is 34.4. The predicted octanol–water partition coefficient (Wildman–Crippen LogP) is 17.6. The van der Waals surface area contributed by atoms with Crippen LogP contribution in [-0.2, 0) is 10.8 Å². The van der Waals surface area contributed by atoms with E-state index in [1.54, 1.807) is 0 Å². The number of hydrogen-bond donors (Lipinski definition) is 0. The molecule has 2 atom stereocenters. The molecule has 4 heteroatoms. The zero-order valence-electron chi connectivity index (χ0n) is 41.8. The molecule has 0 spiro atoms. The molecule has 4 nitrogen and oxygen atoms in total. The highest BCUT2D eigenvalue weighted by Crippen LogP contribution is 2.52. The number of fused-ring (bicyclic) bond motifs is 1. The molecule has 1 aliphatic carbocycles. The monoisotopic (exact) mass is 922 g/mol. The Hall–Kier alpha value is -7.69. The lowest BCUT2D eigenvalue weighted by Crippen LogP contribution is -2.21. The molecule has 3 aromatic heterocycles. The summed E-state index contributed by atoms with van der Waals surface area (Å²) in [6.07, 6.45) is 9.01. The molecular formula is C67H62N4. The molecular weight excluding hydrogens is 861 g/mol. The van der Waals surface area contributed by atoms with E-state index in [1.807, 2.05) is 23.3 Å². The van der Waals surface area contributed by atoms with Crippen molar-refractivity contribution in [2.24, 2.45) is 0 Å². The second-order valence-corrected chi connectivity index (χ2v) is 21.7. The molecule has 350 valence electrons. The Morgan fingerprint density at radius 2 is 0.761 bits per heavy atom. The number of benzene rings is 7. The fourth-order valence-electron chi connectivity index (χ4n) is 11.1. The van der Waals surface area contributed by atoms with Crippen LogP contribution in [0, 0.1) is 0 Å². The van der Waals surface area contributed by atoms with Crippen LogP contribution >= 0.6 is 0 Å². The topological polar surface area (TPSA) is 43.6 Å². The van der Waals surface area contributed by atoms with E-state index < -0.39 is 0 Å². The fraction of sp³-hybridized carbons (Fsp3) is 0.209. The molecule has 0 saturated heterocycles. The average molecular weight is 923 g/mol. The van der Waals surface area contributed by atoms with Gasteiger partial charge in [-0.2, -0.15) is 5.10 Å². The van der Waals surface area contributed by atoms with Crippen LogP contribution in [0.5, 0.6) is 0 Å². The van der Waals surface area contributed by atoms with Crippen molar-refractivity contribution in [2.75, 3.05) is 0 Å². The Kier molecular flexibility index (Phi) is 12.2. The first kappa shape index (κ1) is 45.7.